The number of benzene rings is 3. The lowest BCUT2D eigenvalue weighted by atomic mass is 10.1. The van der Waals surface area contributed by atoms with Crippen LogP contribution in [0.5, 0.6) is 0 Å². The third-order valence-corrected chi connectivity index (χ3v) is 4.51. The zero-order valence-corrected chi connectivity index (χ0v) is 15.3. The molecule has 0 aliphatic rings. The molecular formula is C22H18N4O2. The van der Waals surface area contributed by atoms with Crippen LogP contribution < -0.4 is 0 Å². The van der Waals surface area contributed by atoms with Gasteiger partial charge in [-0.05, 0) is 30.2 Å². The van der Waals surface area contributed by atoms with Gasteiger partial charge >= 0.3 is 0 Å². The third-order valence-electron chi connectivity index (χ3n) is 4.51. The number of aliphatic imine (C=N–C) groups is 1. The van der Waals surface area contributed by atoms with Gasteiger partial charge in [0.15, 0.2) is 0 Å². The van der Waals surface area contributed by atoms with Gasteiger partial charge in [0.25, 0.3) is 5.69 Å². The Morgan fingerprint density at radius 1 is 1.07 bits per heavy atom. The van der Waals surface area contributed by atoms with Gasteiger partial charge in [0.2, 0.25) is 5.95 Å². The Hall–Kier alpha value is -3.80. The number of nitro benzene ring substituents is 1. The van der Waals surface area contributed by atoms with Crippen LogP contribution in [0.1, 0.15) is 16.7 Å². The van der Waals surface area contributed by atoms with E-state index in [0.717, 1.165) is 16.6 Å². The lowest BCUT2D eigenvalue weighted by Gasteiger charge is -2.07. The summed E-state index contributed by atoms with van der Waals surface area (Å²) < 4.78 is 2.05. The van der Waals surface area contributed by atoms with E-state index in [9.17, 15) is 10.1 Å². The monoisotopic (exact) mass is 370 g/mol. The molecule has 138 valence electrons. The molecule has 0 aliphatic heterocycles. The van der Waals surface area contributed by atoms with E-state index in [1.54, 1.807) is 18.3 Å². The highest BCUT2D eigenvalue weighted by Gasteiger charge is 2.10. The summed E-state index contributed by atoms with van der Waals surface area (Å²) in [6, 6.07) is 22.6. The highest BCUT2D eigenvalue weighted by Crippen LogP contribution is 2.23. The summed E-state index contributed by atoms with van der Waals surface area (Å²) in [5, 5.41) is 11.0. The number of fused-ring (bicyclic) bond motifs is 1. The SMILES string of the molecule is Cc1ccc(Cn2c(/N=C/c3cccc([N+](=O)[O-])c3)nc3ccccc32)cc1. The molecule has 0 fully saturated rings. The van der Waals surface area contributed by atoms with Crippen molar-refractivity contribution in [2.24, 2.45) is 4.99 Å². The quantitative estimate of drug-likeness (QED) is 0.280. The minimum absolute atomic E-state index is 0.0390. The number of hydrogen-bond donors (Lipinski definition) is 0. The van der Waals surface area contributed by atoms with E-state index in [1.165, 1.54) is 17.7 Å². The number of aryl methyl sites for hydroxylation is 1. The molecular weight excluding hydrogens is 352 g/mol. The number of hydrogen-bond acceptors (Lipinski definition) is 4. The molecule has 1 heterocycles. The maximum atomic E-state index is 11.0. The van der Waals surface area contributed by atoms with Gasteiger partial charge in [-0.2, -0.15) is 0 Å². The normalized spacial score (nSPS) is 11.3. The number of non-ortho nitro benzene ring substituents is 1. The van der Waals surface area contributed by atoms with Crippen LogP contribution in [0.3, 0.4) is 0 Å². The van der Waals surface area contributed by atoms with Crippen LogP contribution >= 0.6 is 0 Å². The molecule has 4 rings (SSSR count). The molecule has 6 heteroatoms. The molecule has 28 heavy (non-hydrogen) atoms. The largest absolute Gasteiger partial charge is 0.304 e. The van der Waals surface area contributed by atoms with Gasteiger partial charge in [0.1, 0.15) is 0 Å². The summed E-state index contributed by atoms with van der Waals surface area (Å²) in [5.41, 5.74) is 4.92. The summed E-state index contributed by atoms with van der Waals surface area (Å²) in [6.07, 6.45) is 1.61. The van der Waals surface area contributed by atoms with E-state index < -0.39 is 4.92 Å². The highest BCUT2D eigenvalue weighted by atomic mass is 16.6. The summed E-state index contributed by atoms with van der Waals surface area (Å²) in [6.45, 7) is 2.70. The molecule has 0 N–H and O–H groups in total. The number of para-hydroxylation sites is 2. The second-order valence-corrected chi connectivity index (χ2v) is 6.58. The second-order valence-electron chi connectivity index (χ2n) is 6.58. The van der Waals surface area contributed by atoms with Gasteiger partial charge in [-0.1, -0.05) is 54.1 Å². The fourth-order valence-electron chi connectivity index (χ4n) is 3.04. The summed E-state index contributed by atoms with van der Waals surface area (Å²) >= 11 is 0. The second kappa shape index (κ2) is 7.44. The maximum absolute atomic E-state index is 11.0. The van der Waals surface area contributed by atoms with Crippen LogP contribution in [0.15, 0.2) is 77.8 Å². The minimum atomic E-state index is -0.413. The van der Waals surface area contributed by atoms with E-state index in [-0.39, 0.29) is 5.69 Å². The summed E-state index contributed by atoms with van der Waals surface area (Å²) in [7, 11) is 0. The molecule has 0 amide bonds. The Morgan fingerprint density at radius 3 is 2.64 bits per heavy atom. The summed E-state index contributed by atoms with van der Waals surface area (Å²) in [4.78, 5) is 19.7. The Balaban J connectivity index is 1.73. The van der Waals surface area contributed by atoms with E-state index in [1.807, 2.05) is 28.8 Å². The van der Waals surface area contributed by atoms with Crippen molar-refractivity contribution in [3.8, 4) is 0 Å². The van der Waals surface area contributed by atoms with Crippen LogP contribution in [-0.2, 0) is 6.54 Å². The molecule has 1 aromatic heterocycles. The van der Waals surface area contributed by atoms with Gasteiger partial charge in [-0.3, -0.25) is 10.1 Å². The zero-order valence-electron chi connectivity index (χ0n) is 15.3. The molecule has 4 aromatic rings. The zero-order chi connectivity index (χ0) is 19.5. The first-order valence-electron chi connectivity index (χ1n) is 8.89. The molecule has 0 radical (unpaired) electrons. The van der Waals surface area contributed by atoms with Crippen LogP contribution in [0.4, 0.5) is 11.6 Å². The van der Waals surface area contributed by atoms with Crippen molar-refractivity contribution in [2.45, 2.75) is 13.5 Å². The maximum Gasteiger partial charge on any atom is 0.270 e. The lowest BCUT2D eigenvalue weighted by molar-refractivity contribution is -0.384. The Bertz CT molecular complexity index is 1180. The van der Waals surface area contributed by atoms with E-state index >= 15 is 0 Å². The van der Waals surface area contributed by atoms with Crippen molar-refractivity contribution in [2.75, 3.05) is 0 Å². The van der Waals surface area contributed by atoms with E-state index in [4.69, 9.17) is 0 Å². The molecule has 0 saturated carbocycles. The van der Waals surface area contributed by atoms with E-state index in [2.05, 4.69) is 41.2 Å². The lowest BCUT2D eigenvalue weighted by Crippen LogP contribution is -1.99. The van der Waals surface area contributed by atoms with E-state index in [0.29, 0.717) is 18.1 Å². The van der Waals surface area contributed by atoms with Gasteiger partial charge < -0.3 is 4.57 Å². The van der Waals surface area contributed by atoms with Gasteiger partial charge in [0, 0.05) is 18.3 Å². The van der Waals surface area contributed by atoms with Crippen LogP contribution in [-0.4, -0.2) is 20.7 Å². The van der Waals surface area contributed by atoms with Crippen molar-refractivity contribution < 1.29 is 4.92 Å². The van der Waals surface area contributed by atoms with Gasteiger partial charge in [-0.25, -0.2) is 9.98 Å². The van der Waals surface area contributed by atoms with Crippen molar-refractivity contribution >= 4 is 28.9 Å². The first-order chi connectivity index (χ1) is 13.6. The predicted octanol–water partition coefficient (Wildman–Crippen LogP) is 5.05. The molecule has 0 spiro atoms. The molecule has 0 aliphatic carbocycles. The number of imidazole rings is 1. The number of aromatic nitrogens is 2. The first kappa shape index (κ1) is 17.6. The average Bonchev–Trinajstić information content (AvgIpc) is 3.06. The summed E-state index contributed by atoms with van der Waals surface area (Å²) in [5.74, 6) is 0.563. The molecule has 0 saturated heterocycles. The van der Waals surface area contributed by atoms with Crippen LogP contribution in [0.25, 0.3) is 11.0 Å². The topological polar surface area (TPSA) is 73.3 Å². The smallest absolute Gasteiger partial charge is 0.270 e. The average molecular weight is 370 g/mol. The fraction of sp³-hybridized carbons (Fsp3) is 0.0909. The molecule has 6 nitrogen and oxygen atoms in total. The third kappa shape index (κ3) is 3.66. The van der Waals surface area contributed by atoms with Crippen molar-refractivity contribution in [3.05, 3.63) is 99.6 Å². The molecule has 0 bridgehead atoms. The first-order valence-corrected chi connectivity index (χ1v) is 8.89. The number of nitro groups is 1. The minimum Gasteiger partial charge on any atom is -0.304 e. The van der Waals surface area contributed by atoms with Crippen molar-refractivity contribution in [3.63, 3.8) is 0 Å². The Morgan fingerprint density at radius 2 is 1.86 bits per heavy atom. The highest BCUT2D eigenvalue weighted by molar-refractivity contribution is 5.84. The van der Waals surface area contributed by atoms with Crippen molar-refractivity contribution in [1.82, 2.24) is 9.55 Å². The standard InChI is InChI=1S/C22H18N4O2/c1-16-9-11-17(12-10-16)15-25-21-8-3-2-7-20(21)24-22(25)23-14-18-5-4-6-19(13-18)26(27)28/h2-14H,15H2,1H3/b23-14+. The number of nitrogens with zero attached hydrogens (tertiary/aromatic N) is 4. The van der Waals surface area contributed by atoms with Crippen LogP contribution in [0.2, 0.25) is 0 Å². The van der Waals surface area contributed by atoms with Crippen molar-refractivity contribution in [1.29, 1.82) is 0 Å². The Kier molecular flexibility index (Phi) is 4.68. The fourth-order valence-corrected chi connectivity index (χ4v) is 3.04. The Labute approximate surface area is 162 Å². The number of rotatable bonds is 5. The molecule has 3 aromatic carbocycles. The van der Waals surface area contributed by atoms with Gasteiger partial charge in [0.05, 0.1) is 22.5 Å². The molecule has 0 atom stereocenters. The van der Waals surface area contributed by atoms with Gasteiger partial charge in [-0.15, -0.1) is 0 Å². The molecule has 0 unspecified atom stereocenters. The predicted molar refractivity (Wildman–Crippen MR) is 110 cm³/mol. The van der Waals surface area contributed by atoms with Crippen LogP contribution in [0, 0.1) is 17.0 Å².